The van der Waals surface area contributed by atoms with Crippen molar-refractivity contribution in [1.82, 2.24) is 5.01 Å². The largest absolute Gasteiger partial charge is 0.399 e. The average molecular weight is 189 g/mol. The Bertz CT molecular complexity index is 314. The molecule has 0 aromatic heterocycles. The van der Waals surface area contributed by atoms with Gasteiger partial charge in [0, 0.05) is 18.1 Å². The Balaban J connectivity index is 2.67. The van der Waals surface area contributed by atoms with Crippen LogP contribution in [0.1, 0.15) is 12.5 Å². The standard InChI is InChI=1S/C11H15N3/c1-3-13-14(4-2)9-10-5-7-11(12)8-6-10/h3-8H,2,9,12H2,1H3/b13-3-. The van der Waals surface area contributed by atoms with Crippen molar-refractivity contribution in [2.24, 2.45) is 5.10 Å². The van der Waals surface area contributed by atoms with E-state index in [-0.39, 0.29) is 0 Å². The summed E-state index contributed by atoms with van der Waals surface area (Å²) in [6, 6.07) is 7.73. The van der Waals surface area contributed by atoms with E-state index >= 15 is 0 Å². The molecule has 0 spiro atoms. The summed E-state index contributed by atoms with van der Waals surface area (Å²) < 4.78 is 0. The third-order valence-corrected chi connectivity index (χ3v) is 1.80. The van der Waals surface area contributed by atoms with Gasteiger partial charge in [0.15, 0.2) is 0 Å². The second-order valence-corrected chi connectivity index (χ2v) is 2.90. The molecule has 0 fully saturated rings. The van der Waals surface area contributed by atoms with Crippen molar-refractivity contribution in [3.05, 3.63) is 42.6 Å². The first-order valence-corrected chi connectivity index (χ1v) is 4.48. The van der Waals surface area contributed by atoms with Gasteiger partial charge in [0.2, 0.25) is 0 Å². The van der Waals surface area contributed by atoms with Crippen LogP contribution in [-0.2, 0) is 6.54 Å². The fourth-order valence-corrected chi connectivity index (χ4v) is 1.11. The topological polar surface area (TPSA) is 41.6 Å². The van der Waals surface area contributed by atoms with Gasteiger partial charge in [0.05, 0.1) is 6.54 Å². The number of anilines is 1. The number of nitrogens with zero attached hydrogens (tertiary/aromatic N) is 2. The molecule has 0 unspecified atom stereocenters. The van der Waals surface area contributed by atoms with Crippen LogP contribution in [-0.4, -0.2) is 11.2 Å². The van der Waals surface area contributed by atoms with E-state index in [1.54, 1.807) is 17.4 Å². The number of rotatable bonds is 4. The van der Waals surface area contributed by atoms with Crippen LogP contribution in [0.25, 0.3) is 0 Å². The zero-order valence-corrected chi connectivity index (χ0v) is 8.35. The molecule has 0 saturated heterocycles. The Labute approximate surface area is 84.5 Å². The number of hydrogen-bond donors (Lipinski definition) is 1. The maximum Gasteiger partial charge on any atom is 0.0658 e. The summed E-state index contributed by atoms with van der Waals surface area (Å²) in [6.07, 6.45) is 3.43. The maximum atomic E-state index is 5.59. The van der Waals surface area contributed by atoms with Crippen LogP contribution in [0, 0.1) is 0 Å². The van der Waals surface area contributed by atoms with Crippen molar-refractivity contribution in [1.29, 1.82) is 0 Å². The summed E-state index contributed by atoms with van der Waals surface area (Å²) >= 11 is 0. The van der Waals surface area contributed by atoms with E-state index < -0.39 is 0 Å². The van der Waals surface area contributed by atoms with E-state index in [1.165, 1.54) is 0 Å². The number of hydrazone groups is 1. The lowest BCUT2D eigenvalue weighted by atomic mass is 10.2. The predicted octanol–water partition coefficient (Wildman–Crippen LogP) is 2.22. The summed E-state index contributed by atoms with van der Waals surface area (Å²) in [7, 11) is 0. The Morgan fingerprint density at radius 2 is 2.07 bits per heavy atom. The summed E-state index contributed by atoms with van der Waals surface area (Å²) in [5.41, 5.74) is 7.52. The third kappa shape index (κ3) is 2.94. The van der Waals surface area contributed by atoms with Gasteiger partial charge in [-0.15, -0.1) is 0 Å². The molecule has 0 radical (unpaired) electrons. The molecule has 0 aliphatic carbocycles. The minimum Gasteiger partial charge on any atom is -0.399 e. The predicted molar refractivity (Wildman–Crippen MR) is 60.8 cm³/mol. The zero-order chi connectivity index (χ0) is 10.4. The molecule has 0 amide bonds. The summed E-state index contributed by atoms with van der Waals surface area (Å²) in [5.74, 6) is 0. The highest BCUT2D eigenvalue weighted by atomic mass is 15.4. The Morgan fingerprint density at radius 1 is 1.43 bits per heavy atom. The van der Waals surface area contributed by atoms with Gasteiger partial charge in [-0.25, -0.2) is 0 Å². The fourth-order valence-electron chi connectivity index (χ4n) is 1.11. The van der Waals surface area contributed by atoms with Gasteiger partial charge in [-0.3, -0.25) is 5.01 Å². The smallest absolute Gasteiger partial charge is 0.0658 e. The molecule has 0 bridgehead atoms. The molecule has 3 nitrogen and oxygen atoms in total. The van der Waals surface area contributed by atoms with Gasteiger partial charge in [-0.2, -0.15) is 5.10 Å². The number of hydrogen-bond acceptors (Lipinski definition) is 3. The minimum atomic E-state index is 0.716. The van der Waals surface area contributed by atoms with E-state index in [1.807, 2.05) is 31.2 Å². The summed E-state index contributed by atoms with van der Waals surface area (Å²) in [5, 5.41) is 5.89. The zero-order valence-electron chi connectivity index (χ0n) is 8.35. The molecule has 0 saturated carbocycles. The van der Waals surface area contributed by atoms with Crippen molar-refractivity contribution in [2.45, 2.75) is 13.5 Å². The molecular weight excluding hydrogens is 174 g/mol. The molecule has 1 aromatic carbocycles. The first-order chi connectivity index (χ1) is 6.76. The monoisotopic (exact) mass is 189 g/mol. The molecular formula is C11H15N3. The molecule has 74 valence electrons. The van der Waals surface area contributed by atoms with Crippen molar-refractivity contribution in [2.75, 3.05) is 5.73 Å². The number of nitrogen functional groups attached to an aromatic ring is 1. The van der Waals surface area contributed by atoms with E-state index in [2.05, 4.69) is 11.7 Å². The lowest BCUT2D eigenvalue weighted by molar-refractivity contribution is 0.395. The first-order valence-electron chi connectivity index (χ1n) is 4.48. The average Bonchev–Trinajstić information content (AvgIpc) is 2.20. The molecule has 1 rings (SSSR count). The van der Waals surface area contributed by atoms with E-state index in [0.29, 0.717) is 6.54 Å². The second kappa shape index (κ2) is 5.07. The van der Waals surface area contributed by atoms with E-state index in [4.69, 9.17) is 5.73 Å². The normalized spacial score (nSPS) is 10.4. The molecule has 0 aliphatic heterocycles. The van der Waals surface area contributed by atoms with Crippen LogP contribution in [0.4, 0.5) is 5.69 Å². The van der Waals surface area contributed by atoms with Gasteiger partial charge >= 0.3 is 0 Å². The van der Waals surface area contributed by atoms with Crippen LogP contribution in [0.5, 0.6) is 0 Å². The molecule has 14 heavy (non-hydrogen) atoms. The van der Waals surface area contributed by atoms with Crippen molar-refractivity contribution in [3.63, 3.8) is 0 Å². The molecule has 0 atom stereocenters. The van der Waals surface area contributed by atoms with Crippen LogP contribution in [0.15, 0.2) is 42.1 Å². The Hall–Kier alpha value is -1.77. The maximum absolute atomic E-state index is 5.59. The summed E-state index contributed by atoms with van der Waals surface area (Å²) in [6.45, 7) is 6.27. The highest BCUT2D eigenvalue weighted by Gasteiger charge is 1.96. The molecule has 3 heteroatoms. The lowest BCUT2D eigenvalue weighted by Gasteiger charge is -2.13. The van der Waals surface area contributed by atoms with Crippen molar-refractivity contribution >= 4 is 11.9 Å². The van der Waals surface area contributed by atoms with Crippen molar-refractivity contribution < 1.29 is 0 Å². The van der Waals surface area contributed by atoms with Crippen LogP contribution >= 0.6 is 0 Å². The van der Waals surface area contributed by atoms with Gasteiger partial charge in [-0.1, -0.05) is 18.7 Å². The minimum absolute atomic E-state index is 0.716. The van der Waals surface area contributed by atoms with Crippen LogP contribution in [0.2, 0.25) is 0 Å². The van der Waals surface area contributed by atoms with Gasteiger partial charge in [0.25, 0.3) is 0 Å². The number of nitrogens with two attached hydrogens (primary N) is 1. The fraction of sp³-hybridized carbons (Fsp3) is 0.182. The van der Waals surface area contributed by atoms with Gasteiger partial charge in [-0.05, 0) is 24.6 Å². The molecule has 0 heterocycles. The lowest BCUT2D eigenvalue weighted by Crippen LogP contribution is -2.08. The van der Waals surface area contributed by atoms with E-state index in [0.717, 1.165) is 11.3 Å². The molecule has 2 N–H and O–H groups in total. The van der Waals surface area contributed by atoms with Crippen LogP contribution < -0.4 is 5.73 Å². The first kappa shape index (κ1) is 10.3. The van der Waals surface area contributed by atoms with Crippen molar-refractivity contribution in [3.8, 4) is 0 Å². The Morgan fingerprint density at radius 3 is 2.57 bits per heavy atom. The molecule has 0 aliphatic rings. The van der Waals surface area contributed by atoms with Crippen LogP contribution in [0.3, 0.4) is 0 Å². The number of benzene rings is 1. The quantitative estimate of drug-likeness (QED) is 0.448. The van der Waals surface area contributed by atoms with Gasteiger partial charge in [0.1, 0.15) is 0 Å². The second-order valence-electron chi connectivity index (χ2n) is 2.90. The highest BCUT2D eigenvalue weighted by molar-refractivity contribution is 5.52. The molecule has 1 aromatic rings. The van der Waals surface area contributed by atoms with E-state index in [9.17, 15) is 0 Å². The highest BCUT2D eigenvalue weighted by Crippen LogP contribution is 2.08. The van der Waals surface area contributed by atoms with Gasteiger partial charge < -0.3 is 5.73 Å². The summed E-state index contributed by atoms with van der Waals surface area (Å²) in [4.78, 5) is 0. The Kier molecular flexibility index (Phi) is 3.73. The third-order valence-electron chi connectivity index (χ3n) is 1.80. The SMILES string of the molecule is C=CN(Cc1ccc(N)cc1)/N=C\C.